The third kappa shape index (κ3) is 11.6. The molecule has 0 aromatic carbocycles. The van der Waals surface area contributed by atoms with Crippen LogP contribution in [0.3, 0.4) is 0 Å². The Morgan fingerprint density at radius 3 is 2.05 bits per heavy atom. The fraction of sp³-hybridized carbons (Fsp3) is 0.917. The topological polar surface area (TPSA) is 103 Å². The number of carbonyl (C=O) groups is 1. The second-order valence-corrected chi connectivity index (χ2v) is 6.76. The Hall–Kier alpha value is -0.740. The van der Waals surface area contributed by atoms with Crippen LogP contribution in [0.15, 0.2) is 0 Å². The maximum absolute atomic E-state index is 11.4. The van der Waals surface area contributed by atoms with Gasteiger partial charge < -0.3 is 19.5 Å². The molecule has 9 heteroatoms. The van der Waals surface area contributed by atoms with Crippen LogP contribution < -0.4 is 10.0 Å². The van der Waals surface area contributed by atoms with E-state index in [0.29, 0.717) is 33.0 Å². The number of ether oxygens (including phenoxy) is 3. The quantitative estimate of drug-likeness (QED) is 0.426. The first-order valence-corrected chi connectivity index (χ1v) is 8.37. The smallest absolute Gasteiger partial charge is 0.245 e. The molecule has 0 saturated carbocycles. The van der Waals surface area contributed by atoms with Crippen molar-refractivity contribution in [1.82, 2.24) is 10.0 Å². The highest BCUT2D eigenvalue weighted by Crippen LogP contribution is 1.94. The van der Waals surface area contributed by atoms with Crippen LogP contribution in [-0.4, -0.2) is 72.8 Å². The average Bonchev–Trinajstić information content (AvgIpc) is 2.44. The van der Waals surface area contributed by atoms with Crippen LogP contribution in [0.2, 0.25) is 0 Å². The number of carbonyl (C=O) groups excluding carboxylic acids is 1. The molecule has 0 aliphatic carbocycles. The lowest BCUT2D eigenvalue weighted by atomic mass is 10.6. The molecule has 0 aromatic heterocycles. The van der Waals surface area contributed by atoms with Gasteiger partial charge in [0, 0.05) is 13.6 Å². The SMILES string of the molecule is CNC(=O)COCCOCCOCCNS(=O)(=O)C(C)C. The molecule has 126 valence electrons. The first kappa shape index (κ1) is 20.3. The van der Waals surface area contributed by atoms with E-state index in [1.807, 2.05) is 0 Å². The second kappa shape index (κ2) is 11.9. The molecule has 1 amide bonds. The van der Waals surface area contributed by atoms with Crippen molar-refractivity contribution in [3.63, 3.8) is 0 Å². The van der Waals surface area contributed by atoms with Crippen molar-refractivity contribution < 1.29 is 27.4 Å². The van der Waals surface area contributed by atoms with Gasteiger partial charge in [0.2, 0.25) is 15.9 Å². The summed E-state index contributed by atoms with van der Waals surface area (Å²) in [7, 11) is -1.68. The van der Waals surface area contributed by atoms with Crippen molar-refractivity contribution in [2.24, 2.45) is 0 Å². The summed E-state index contributed by atoms with van der Waals surface area (Å²) in [6.07, 6.45) is 0. The molecule has 0 aromatic rings. The maximum atomic E-state index is 11.4. The van der Waals surface area contributed by atoms with E-state index in [1.165, 1.54) is 0 Å². The Labute approximate surface area is 126 Å². The molecular formula is C12H26N2O6S. The predicted molar refractivity (Wildman–Crippen MR) is 78.6 cm³/mol. The van der Waals surface area contributed by atoms with Gasteiger partial charge in [-0.05, 0) is 13.8 Å². The molecule has 0 radical (unpaired) electrons. The zero-order valence-corrected chi connectivity index (χ0v) is 13.7. The maximum Gasteiger partial charge on any atom is 0.245 e. The van der Waals surface area contributed by atoms with Crippen LogP contribution in [0.4, 0.5) is 0 Å². The summed E-state index contributed by atoms with van der Waals surface area (Å²) in [6, 6.07) is 0. The van der Waals surface area contributed by atoms with E-state index in [4.69, 9.17) is 14.2 Å². The highest BCUT2D eigenvalue weighted by atomic mass is 32.2. The summed E-state index contributed by atoms with van der Waals surface area (Å²) in [5.74, 6) is -0.179. The average molecular weight is 326 g/mol. The minimum atomic E-state index is -3.23. The van der Waals surface area contributed by atoms with Crippen LogP contribution >= 0.6 is 0 Å². The molecule has 0 bridgehead atoms. The summed E-state index contributed by atoms with van der Waals surface area (Å²) in [6.45, 7) is 5.26. The minimum Gasteiger partial charge on any atom is -0.378 e. The normalized spacial score (nSPS) is 11.8. The summed E-state index contributed by atoms with van der Waals surface area (Å²) < 4.78 is 40.7. The molecule has 21 heavy (non-hydrogen) atoms. The molecule has 0 rings (SSSR count). The van der Waals surface area contributed by atoms with Crippen LogP contribution in [0, 0.1) is 0 Å². The van der Waals surface area contributed by atoms with Gasteiger partial charge in [-0.3, -0.25) is 4.79 Å². The summed E-state index contributed by atoms with van der Waals surface area (Å²) in [5.41, 5.74) is 0. The monoisotopic (exact) mass is 326 g/mol. The van der Waals surface area contributed by atoms with Gasteiger partial charge in [-0.1, -0.05) is 0 Å². The lowest BCUT2D eigenvalue weighted by molar-refractivity contribution is -0.125. The zero-order valence-electron chi connectivity index (χ0n) is 12.9. The molecule has 0 spiro atoms. The Morgan fingerprint density at radius 1 is 1.00 bits per heavy atom. The van der Waals surface area contributed by atoms with Crippen molar-refractivity contribution in [3.05, 3.63) is 0 Å². The number of rotatable bonds is 13. The number of likely N-dealkylation sites (N-methyl/N-ethyl adjacent to an activating group) is 1. The highest BCUT2D eigenvalue weighted by Gasteiger charge is 2.13. The number of sulfonamides is 1. The lowest BCUT2D eigenvalue weighted by Crippen LogP contribution is -2.33. The highest BCUT2D eigenvalue weighted by molar-refractivity contribution is 7.90. The fourth-order valence-electron chi connectivity index (χ4n) is 1.10. The van der Waals surface area contributed by atoms with Gasteiger partial charge in [-0.25, -0.2) is 13.1 Å². The standard InChI is InChI=1S/C12H26N2O6S/c1-11(2)21(16,17)14-4-5-18-6-7-19-8-9-20-10-12(15)13-3/h11,14H,4-10H2,1-3H3,(H,13,15). The first-order chi connectivity index (χ1) is 9.90. The van der Waals surface area contributed by atoms with Crippen LogP contribution in [-0.2, 0) is 29.0 Å². The number of hydrogen-bond acceptors (Lipinski definition) is 6. The Morgan fingerprint density at radius 2 is 1.52 bits per heavy atom. The van der Waals surface area contributed by atoms with Gasteiger partial charge in [0.25, 0.3) is 0 Å². The fourth-order valence-corrected chi connectivity index (χ4v) is 1.80. The largest absolute Gasteiger partial charge is 0.378 e. The number of amides is 1. The molecule has 0 fully saturated rings. The number of hydrogen-bond donors (Lipinski definition) is 2. The summed E-state index contributed by atoms with van der Waals surface area (Å²) in [5, 5.41) is 1.99. The van der Waals surface area contributed by atoms with Gasteiger partial charge in [0.05, 0.1) is 38.3 Å². The Bertz CT molecular complexity index is 372. The van der Waals surface area contributed by atoms with Gasteiger partial charge in [-0.15, -0.1) is 0 Å². The van der Waals surface area contributed by atoms with E-state index in [1.54, 1.807) is 20.9 Å². The third-order valence-electron chi connectivity index (χ3n) is 2.43. The molecule has 0 aliphatic heterocycles. The van der Waals surface area contributed by atoms with E-state index in [-0.39, 0.29) is 19.1 Å². The molecule has 0 saturated heterocycles. The molecule has 0 heterocycles. The van der Waals surface area contributed by atoms with Crippen LogP contribution in [0.1, 0.15) is 13.8 Å². The first-order valence-electron chi connectivity index (χ1n) is 6.82. The van der Waals surface area contributed by atoms with E-state index >= 15 is 0 Å². The van der Waals surface area contributed by atoms with Crippen LogP contribution in [0.5, 0.6) is 0 Å². The van der Waals surface area contributed by atoms with Crippen molar-refractivity contribution in [3.8, 4) is 0 Å². The van der Waals surface area contributed by atoms with Gasteiger partial charge in [-0.2, -0.15) is 0 Å². The second-order valence-electron chi connectivity index (χ2n) is 4.44. The third-order valence-corrected chi connectivity index (χ3v) is 4.27. The van der Waals surface area contributed by atoms with Crippen molar-refractivity contribution in [2.45, 2.75) is 19.1 Å². The van der Waals surface area contributed by atoms with E-state index < -0.39 is 15.3 Å². The van der Waals surface area contributed by atoms with E-state index in [9.17, 15) is 13.2 Å². The molecule has 0 aliphatic rings. The molecular weight excluding hydrogens is 300 g/mol. The Balaban J connectivity index is 3.29. The minimum absolute atomic E-state index is 0.0202. The molecule has 0 atom stereocenters. The van der Waals surface area contributed by atoms with Crippen LogP contribution in [0.25, 0.3) is 0 Å². The van der Waals surface area contributed by atoms with Crippen molar-refractivity contribution >= 4 is 15.9 Å². The lowest BCUT2D eigenvalue weighted by Gasteiger charge is -2.10. The van der Waals surface area contributed by atoms with Gasteiger partial charge >= 0.3 is 0 Å². The number of nitrogens with one attached hydrogen (secondary N) is 2. The molecule has 8 nitrogen and oxygen atoms in total. The van der Waals surface area contributed by atoms with Gasteiger partial charge in [0.1, 0.15) is 6.61 Å². The summed E-state index contributed by atoms with van der Waals surface area (Å²) >= 11 is 0. The summed E-state index contributed by atoms with van der Waals surface area (Å²) in [4.78, 5) is 10.8. The van der Waals surface area contributed by atoms with Gasteiger partial charge in [0.15, 0.2) is 0 Å². The van der Waals surface area contributed by atoms with Crippen molar-refractivity contribution in [2.75, 3.05) is 53.2 Å². The zero-order chi connectivity index (χ0) is 16.1. The molecule has 2 N–H and O–H groups in total. The Kier molecular flexibility index (Phi) is 11.5. The van der Waals surface area contributed by atoms with E-state index in [2.05, 4.69) is 10.0 Å². The predicted octanol–water partition coefficient (Wildman–Crippen LogP) is -0.890. The van der Waals surface area contributed by atoms with E-state index in [0.717, 1.165) is 0 Å². The molecule has 0 unspecified atom stereocenters. The van der Waals surface area contributed by atoms with Crippen molar-refractivity contribution in [1.29, 1.82) is 0 Å².